The zero-order valence-electron chi connectivity index (χ0n) is 13.8. The number of ether oxygens (including phenoxy) is 1. The summed E-state index contributed by atoms with van der Waals surface area (Å²) in [5, 5.41) is 0. The van der Waals surface area contributed by atoms with Crippen molar-refractivity contribution in [3.63, 3.8) is 0 Å². The van der Waals surface area contributed by atoms with Crippen molar-refractivity contribution in [1.29, 1.82) is 0 Å². The van der Waals surface area contributed by atoms with Crippen LogP contribution in [0.15, 0.2) is 61.3 Å². The van der Waals surface area contributed by atoms with Crippen LogP contribution in [0.3, 0.4) is 0 Å². The fourth-order valence-electron chi connectivity index (χ4n) is 2.99. The van der Waals surface area contributed by atoms with Crippen LogP contribution in [-0.2, 0) is 9.53 Å². The normalized spacial score (nSPS) is 11.8. The number of rotatable bonds is 6. The van der Waals surface area contributed by atoms with Crippen LogP contribution in [-0.4, -0.2) is 19.1 Å². The molecule has 2 aromatic rings. The number of carbonyl (C=O) groups excluding carboxylic acids is 1. The van der Waals surface area contributed by atoms with Crippen LogP contribution in [0, 0.1) is 0 Å². The van der Waals surface area contributed by atoms with Crippen molar-refractivity contribution >= 4 is 5.91 Å². The summed E-state index contributed by atoms with van der Waals surface area (Å²) in [4.78, 5) is 10.7. The number of benzene rings is 2. The van der Waals surface area contributed by atoms with Gasteiger partial charge in [0.05, 0.1) is 6.61 Å². The molecule has 0 spiro atoms. The standard InChI is InChI=1S/C18H19NO2.C2H5N/c19-18(20)10-5-11-21-12-17-15-8-3-1-6-13(15)14-7-2-4-9-16(14)17;1-2-3/h1-4,6-9,17H,5,10-12H2,(H2,19,20);2H,1,3H2. The van der Waals surface area contributed by atoms with Crippen LogP contribution in [0.1, 0.15) is 29.9 Å². The van der Waals surface area contributed by atoms with E-state index in [-0.39, 0.29) is 11.8 Å². The monoisotopic (exact) mass is 324 g/mol. The molecule has 126 valence electrons. The van der Waals surface area contributed by atoms with Crippen LogP contribution in [0.2, 0.25) is 0 Å². The first-order valence-corrected chi connectivity index (χ1v) is 8.06. The maximum Gasteiger partial charge on any atom is 0.217 e. The number of hydrogen-bond donors (Lipinski definition) is 2. The minimum absolute atomic E-state index is 0.268. The fraction of sp³-hybridized carbons (Fsp3) is 0.250. The molecule has 0 aromatic heterocycles. The molecule has 0 fully saturated rings. The Morgan fingerprint density at radius 1 is 1.08 bits per heavy atom. The number of amides is 1. The highest BCUT2D eigenvalue weighted by atomic mass is 16.5. The van der Waals surface area contributed by atoms with Crippen molar-refractivity contribution in [3.8, 4) is 11.1 Å². The second kappa shape index (κ2) is 8.89. The minimum atomic E-state index is -0.268. The molecule has 0 atom stereocenters. The van der Waals surface area contributed by atoms with Gasteiger partial charge in [-0.3, -0.25) is 4.79 Å². The molecule has 0 saturated carbocycles. The predicted molar refractivity (Wildman–Crippen MR) is 97.4 cm³/mol. The van der Waals surface area contributed by atoms with Crippen LogP contribution in [0.5, 0.6) is 0 Å². The summed E-state index contributed by atoms with van der Waals surface area (Å²) < 4.78 is 5.77. The van der Waals surface area contributed by atoms with E-state index in [4.69, 9.17) is 10.5 Å². The van der Waals surface area contributed by atoms with Crippen LogP contribution in [0.4, 0.5) is 0 Å². The summed E-state index contributed by atoms with van der Waals surface area (Å²) in [6, 6.07) is 17.0. The largest absolute Gasteiger partial charge is 0.405 e. The highest BCUT2D eigenvalue weighted by molar-refractivity contribution is 5.78. The second-order valence-corrected chi connectivity index (χ2v) is 5.61. The van der Waals surface area contributed by atoms with Crippen LogP contribution < -0.4 is 11.5 Å². The van der Waals surface area contributed by atoms with Gasteiger partial charge in [-0.1, -0.05) is 55.1 Å². The first-order valence-electron chi connectivity index (χ1n) is 8.06. The summed E-state index contributed by atoms with van der Waals surface area (Å²) in [6.07, 6.45) is 2.32. The van der Waals surface area contributed by atoms with E-state index in [1.807, 2.05) is 0 Å². The van der Waals surface area contributed by atoms with Gasteiger partial charge in [0.15, 0.2) is 0 Å². The molecule has 0 radical (unpaired) electrons. The smallest absolute Gasteiger partial charge is 0.217 e. The van der Waals surface area contributed by atoms with Crippen LogP contribution in [0.25, 0.3) is 11.1 Å². The van der Waals surface area contributed by atoms with Gasteiger partial charge in [0.2, 0.25) is 5.91 Å². The quantitative estimate of drug-likeness (QED) is 0.801. The molecular weight excluding hydrogens is 300 g/mol. The molecule has 0 bridgehead atoms. The molecule has 24 heavy (non-hydrogen) atoms. The Hall–Kier alpha value is -2.59. The van der Waals surface area contributed by atoms with E-state index in [9.17, 15) is 4.79 Å². The van der Waals surface area contributed by atoms with Gasteiger partial charge >= 0.3 is 0 Å². The van der Waals surface area contributed by atoms with Gasteiger partial charge in [-0.05, 0) is 34.9 Å². The van der Waals surface area contributed by atoms with E-state index < -0.39 is 0 Å². The number of fused-ring (bicyclic) bond motifs is 3. The summed E-state index contributed by atoms with van der Waals surface area (Å²) >= 11 is 0. The third-order valence-electron chi connectivity index (χ3n) is 3.96. The van der Waals surface area contributed by atoms with Gasteiger partial charge in [0.25, 0.3) is 0 Å². The van der Waals surface area contributed by atoms with Crippen LogP contribution >= 0.6 is 0 Å². The molecular formula is C20H24N2O2. The van der Waals surface area contributed by atoms with E-state index in [0.717, 1.165) is 0 Å². The highest BCUT2D eigenvalue weighted by Crippen LogP contribution is 2.44. The molecule has 0 saturated heterocycles. The van der Waals surface area contributed by atoms with E-state index in [1.165, 1.54) is 28.5 Å². The maximum atomic E-state index is 10.7. The van der Waals surface area contributed by atoms with Crippen molar-refractivity contribution in [2.24, 2.45) is 11.5 Å². The molecule has 4 nitrogen and oxygen atoms in total. The first kappa shape index (κ1) is 17.8. The Kier molecular flexibility index (Phi) is 6.58. The minimum Gasteiger partial charge on any atom is -0.405 e. The molecule has 1 aliphatic carbocycles. The van der Waals surface area contributed by atoms with Gasteiger partial charge in [0.1, 0.15) is 0 Å². The Bertz CT molecular complexity index is 652. The summed E-state index contributed by atoms with van der Waals surface area (Å²) in [6.45, 7) is 4.36. The van der Waals surface area contributed by atoms with E-state index >= 15 is 0 Å². The van der Waals surface area contributed by atoms with E-state index in [2.05, 4.69) is 60.8 Å². The van der Waals surface area contributed by atoms with Gasteiger partial charge in [-0.15, -0.1) is 0 Å². The third kappa shape index (κ3) is 4.24. The van der Waals surface area contributed by atoms with E-state index in [0.29, 0.717) is 26.1 Å². The molecule has 0 aliphatic heterocycles. The first-order chi connectivity index (χ1) is 11.7. The third-order valence-corrected chi connectivity index (χ3v) is 3.96. The van der Waals surface area contributed by atoms with Crippen molar-refractivity contribution in [1.82, 2.24) is 0 Å². The number of primary amides is 1. The Morgan fingerprint density at radius 2 is 1.58 bits per heavy atom. The van der Waals surface area contributed by atoms with E-state index in [1.54, 1.807) is 0 Å². The van der Waals surface area contributed by atoms with Gasteiger partial charge < -0.3 is 16.2 Å². The Morgan fingerprint density at radius 3 is 2.08 bits per heavy atom. The molecule has 4 heteroatoms. The lowest BCUT2D eigenvalue weighted by Gasteiger charge is -2.14. The summed E-state index contributed by atoms with van der Waals surface area (Å²) in [7, 11) is 0. The molecule has 0 unspecified atom stereocenters. The van der Waals surface area contributed by atoms with Gasteiger partial charge in [-0.25, -0.2) is 0 Å². The Labute approximate surface area is 143 Å². The van der Waals surface area contributed by atoms with Gasteiger partial charge in [0, 0.05) is 18.9 Å². The second-order valence-electron chi connectivity index (χ2n) is 5.61. The molecule has 2 aromatic carbocycles. The average molecular weight is 324 g/mol. The summed E-state index contributed by atoms with van der Waals surface area (Å²) in [5.41, 5.74) is 15.0. The Balaban J connectivity index is 0.000000647. The molecule has 4 N–H and O–H groups in total. The number of nitrogens with two attached hydrogens (primary N) is 2. The SMILES string of the molecule is C=CN.NC(=O)CCCOCC1c2ccccc2-c2ccccc21. The van der Waals surface area contributed by atoms with Crippen molar-refractivity contribution in [2.75, 3.05) is 13.2 Å². The lowest BCUT2D eigenvalue weighted by molar-refractivity contribution is -0.118. The van der Waals surface area contributed by atoms with Crippen molar-refractivity contribution in [3.05, 3.63) is 72.4 Å². The fourth-order valence-corrected chi connectivity index (χ4v) is 2.99. The molecule has 1 aliphatic rings. The summed E-state index contributed by atoms with van der Waals surface area (Å²) in [5.74, 6) is 0.0149. The highest BCUT2D eigenvalue weighted by Gasteiger charge is 2.27. The number of hydrogen-bond acceptors (Lipinski definition) is 3. The molecule has 0 heterocycles. The predicted octanol–water partition coefficient (Wildman–Crippen LogP) is 3.17. The lowest BCUT2D eigenvalue weighted by Crippen LogP contribution is -2.12. The van der Waals surface area contributed by atoms with Crippen molar-refractivity contribution < 1.29 is 9.53 Å². The van der Waals surface area contributed by atoms with Crippen molar-refractivity contribution in [2.45, 2.75) is 18.8 Å². The average Bonchev–Trinajstić information content (AvgIpc) is 2.90. The zero-order valence-corrected chi connectivity index (χ0v) is 13.8. The molecule has 1 amide bonds. The lowest BCUT2D eigenvalue weighted by atomic mass is 9.98. The molecule has 3 rings (SSSR count). The zero-order chi connectivity index (χ0) is 17.4. The number of carbonyl (C=O) groups is 1. The topological polar surface area (TPSA) is 78.3 Å². The van der Waals surface area contributed by atoms with Gasteiger partial charge in [-0.2, -0.15) is 0 Å². The maximum absolute atomic E-state index is 10.7.